The van der Waals surface area contributed by atoms with Gasteiger partial charge in [0.1, 0.15) is 5.69 Å². The van der Waals surface area contributed by atoms with E-state index in [2.05, 4.69) is 20.5 Å². The second-order valence-electron chi connectivity index (χ2n) is 4.18. The average Bonchev–Trinajstić information content (AvgIpc) is 2.93. The summed E-state index contributed by atoms with van der Waals surface area (Å²) in [6.45, 7) is 4.50. The molecule has 0 saturated heterocycles. The van der Waals surface area contributed by atoms with Crippen LogP contribution in [0.2, 0.25) is 0 Å². The van der Waals surface area contributed by atoms with Crippen molar-refractivity contribution in [3.05, 3.63) is 33.5 Å². The number of amides is 1. The van der Waals surface area contributed by atoms with Gasteiger partial charge in [-0.3, -0.25) is 9.89 Å². The molecule has 2 aromatic rings. The zero-order valence-corrected chi connectivity index (χ0v) is 11.3. The zero-order chi connectivity index (χ0) is 13.0. The van der Waals surface area contributed by atoms with Crippen LogP contribution < -0.4 is 5.32 Å². The lowest BCUT2D eigenvalue weighted by molar-refractivity contribution is 0.0948. The van der Waals surface area contributed by atoms with E-state index in [-0.39, 0.29) is 5.91 Å². The lowest BCUT2D eigenvalue weighted by atomic mass is 10.3. The number of carbonyl (C=O) groups is 1. The lowest BCUT2D eigenvalue weighted by Crippen LogP contribution is -2.25. The molecule has 18 heavy (non-hydrogen) atoms. The highest BCUT2D eigenvalue weighted by Gasteiger charge is 2.08. The van der Waals surface area contributed by atoms with Crippen LogP contribution in [0.25, 0.3) is 0 Å². The molecule has 1 amide bonds. The number of nitrogens with one attached hydrogen (secondary N) is 2. The molecular weight excluding hydrogens is 248 g/mol. The number of aromatic amines is 1. The third-order valence-corrected chi connectivity index (χ3v) is 3.48. The highest BCUT2D eigenvalue weighted by atomic mass is 32.1. The van der Waals surface area contributed by atoms with Crippen molar-refractivity contribution in [2.45, 2.75) is 26.7 Å². The molecule has 96 valence electrons. The van der Waals surface area contributed by atoms with Crippen LogP contribution in [0.4, 0.5) is 0 Å². The number of H-pyrrole nitrogens is 1. The maximum Gasteiger partial charge on any atom is 0.271 e. The van der Waals surface area contributed by atoms with Gasteiger partial charge in [0.2, 0.25) is 0 Å². The van der Waals surface area contributed by atoms with Crippen LogP contribution in [-0.2, 0) is 6.42 Å². The minimum Gasteiger partial charge on any atom is -0.351 e. The Kier molecular flexibility index (Phi) is 4.09. The Labute approximate surface area is 110 Å². The summed E-state index contributed by atoms with van der Waals surface area (Å²) >= 11 is 1.67. The predicted molar refractivity (Wildman–Crippen MR) is 70.8 cm³/mol. The third-order valence-electron chi connectivity index (χ3n) is 2.46. The van der Waals surface area contributed by atoms with Gasteiger partial charge in [-0.05, 0) is 26.3 Å². The molecule has 0 aliphatic carbocycles. The molecule has 0 aliphatic heterocycles. The fourth-order valence-corrected chi connectivity index (χ4v) is 2.40. The molecular formula is C12H16N4OS. The summed E-state index contributed by atoms with van der Waals surface area (Å²) in [4.78, 5) is 16.0. The molecule has 2 rings (SSSR count). The molecule has 2 heterocycles. The number of hydrogen-bond acceptors (Lipinski definition) is 4. The standard InChI is InChI=1S/C12H16N4OS/c1-8-6-10(16-15-8)12(17)13-5-3-4-11-14-9(2)7-18-11/h6-7H,3-5H2,1-2H3,(H,13,17)(H,15,16). The second-order valence-corrected chi connectivity index (χ2v) is 5.12. The highest BCUT2D eigenvalue weighted by molar-refractivity contribution is 7.09. The topological polar surface area (TPSA) is 70.7 Å². The Hall–Kier alpha value is -1.69. The van der Waals surface area contributed by atoms with Crippen LogP contribution in [0.15, 0.2) is 11.4 Å². The van der Waals surface area contributed by atoms with Gasteiger partial charge >= 0.3 is 0 Å². The van der Waals surface area contributed by atoms with E-state index < -0.39 is 0 Å². The van der Waals surface area contributed by atoms with E-state index in [0.717, 1.165) is 29.2 Å². The third kappa shape index (κ3) is 3.40. The first-order valence-corrected chi connectivity index (χ1v) is 6.74. The maximum absolute atomic E-state index is 11.7. The van der Waals surface area contributed by atoms with Gasteiger partial charge in [-0.15, -0.1) is 11.3 Å². The summed E-state index contributed by atoms with van der Waals surface area (Å²) in [6, 6.07) is 1.74. The second kappa shape index (κ2) is 5.77. The van der Waals surface area contributed by atoms with E-state index in [0.29, 0.717) is 12.2 Å². The Morgan fingerprint density at radius 1 is 1.50 bits per heavy atom. The number of nitrogens with zero attached hydrogens (tertiary/aromatic N) is 2. The van der Waals surface area contributed by atoms with Gasteiger partial charge < -0.3 is 5.32 Å². The first kappa shape index (κ1) is 12.8. The largest absolute Gasteiger partial charge is 0.351 e. The first-order valence-electron chi connectivity index (χ1n) is 5.86. The normalized spacial score (nSPS) is 10.6. The fraction of sp³-hybridized carbons (Fsp3) is 0.417. The van der Waals surface area contributed by atoms with Gasteiger partial charge in [0.25, 0.3) is 5.91 Å². The summed E-state index contributed by atoms with van der Waals surface area (Å²) in [7, 11) is 0. The molecule has 0 aliphatic rings. The minimum atomic E-state index is -0.130. The Balaban J connectivity index is 1.71. The van der Waals surface area contributed by atoms with Gasteiger partial charge in [-0.1, -0.05) is 0 Å². The Bertz CT molecular complexity index is 532. The summed E-state index contributed by atoms with van der Waals surface area (Å²) in [5.41, 5.74) is 2.39. The monoisotopic (exact) mass is 264 g/mol. The molecule has 0 aromatic carbocycles. The number of hydrogen-bond donors (Lipinski definition) is 2. The van der Waals surface area contributed by atoms with Gasteiger partial charge in [0.15, 0.2) is 0 Å². The van der Waals surface area contributed by atoms with Gasteiger partial charge in [0, 0.05) is 29.7 Å². The van der Waals surface area contributed by atoms with E-state index >= 15 is 0 Å². The van der Waals surface area contributed by atoms with Crippen molar-refractivity contribution in [1.82, 2.24) is 20.5 Å². The predicted octanol–water partition coefficient (Wildman–Crippen LogP) is 1.85. The number of aromatic nitrogens is 3. The number of aryl methyl sites for hydroxylation is 3. The van der Waals surface area contributed by atoms with Crippen LogP contribution in [0.5, 0.6) is 0 Å². The van der Waals surface area contributed by atoms with E-state index in [9.17, 15) is 4.79 Å². The lowest BCUT2D eigenvalue weighted by Gasteiger charge is -2.01. The van der Waals surface area contributed by atoms with Gasteiger partial charge in [-0.25, -0.2) is 4.98 Å². The molecule has 6 heteroatoms. The quantitative estimate of drug-likeness (QED) is 0.810. The van der Waals surface area contributed by atoms with Crippen LogP contribution in [-0.4, -0.2) is 27.6 Å². The maximum atomic E-state index is 11.7. The molecule has 2 aromatic heterocycles. The zero-order valence-electron chi connectivity index (χ0n) is 10.5. The smallest absolute Gasteiger partial charge is 0.271 e. The SMILES string of the molecule is Cc1csc(CCCNC(=O)c2cc(C)[nH]n2)n1. The van der Waals surface area contributed by atoms with Crippen molar-refractivity contribution < 1.29 is 4.79 Å². The van der Waals surface area contributed by atoms with Crippen molar-refractivity contribution in [1.29, 1.82) is 0 Å². The molecule has 0 fully saturated rings. The summed E-state index contributed by atoms with van der Waals surface area (Å²) in [6.07, 6.45) is 1.79. The molecule has 0 bridgehead atoms. The Morgan fingerprint density at radius 2 is 2.33 bits per heavy atom. The van der Waals surface area contributed by atoms with Crippen LogP contribution >= 0.6 is 11.3 Å². The number of carbonyl (C=O) groups excluding carboxylic acids is 1. The van der Waals surface area contributed by atoms with Gasteiger partial charge in [-0.2, -0.15) is 5.10 Å². The molecule has 5 nitrogen and oxygen atoms in total. The van der Waals surface area contributed by atoms with E-state index in [1.54, 1.807) is 17.4 Å². The minimum absolute atomic E-state index is 0.130. The first-order chi connectivity index (χ1) is 8.65. The van der Waals surface area contributed by atoms with Crippen molar-refractivity contribution in [2.75, 3.05) is 6.54 Å². The van der Waals surface area contributed by atoms with E-state index in [4.69, 9.17) is 0 Å². The van der Waals surface area contributed by atoms with Crippen LogP contribution in [0.1, 0.15) is 33.3 Å². The van der Waals surface area contributed by atoms with Crippen molar-refractivity contribution in [3.8, 4) is 0 Å². The highest BCUT2D eigenvalue weighted by Crippen LogP contribution is 2.10. The average molecular weight is 264 g/mol. The van der Waals surface area contributed by atoms with Crippen LogP contribution in [0.3, 0.4) is 0 Å². The number of rotatable bonds is 5. The summed E-state index contributed by atoms with van der Waals surface area (Å²) < 4.78 is 0. The van der Waals surface area contributed by atoms with Crippen molar-refractivity contribution in [3.63, 3.8) is 0 Å². The molecule has 2 N–H and O–H groups in total. The Morgan fingerprint density at radius 3 is 2.94 bits per heavy atom. The fourth-order valence-electron chi connectivity index (χ4n) is 1.58. The van der Waals surface area contributed by atoms with Crippen LogP contribution in [0, 0.1) is 13.8 Å². The van der Waals surface area contributed by atoms with Gasteiger partial charge in [0.05, 0.1) is 5.01 Å². The molecule has 0 radical (unpaired) electrons. The van der Waals surface area contributed by atoms with Crippen molar-refractivity contribution in [2.24, 2.45) is 0 Å². The van der Waals surface area contributed by atoms with E-state index in [1.165, 1.54) is 0 Å². The van der Waals surface area contributed by atoms with Crippen molar-refractivity contribution >= 4 is 17.2 Å². The molecule has 0 atom stereocenters. The number of thiazole rings is 1. The van der Waals surface area contributed by atoms with E-state index in [1.807, 2.05) is 19.2 Å². The summed E-state index contributed by atoms with van der Waals surface area (Å²) in [5, 5.41) is 12.7. The molecule has 0 unspecified atom stereocenters. The molecule has 0 saturated carbocycles. The summed E-state index contributed by atoms with van der Waals surface area (Å²) in [5.74, 6) is -0.130. The molecule has 0 spiro atoms.